The number of hydrogen-bond donors (Lipinski definition) is 0. The summed E-state index contributed by atoms with van der Waals surface area (Å²) < 4.78 is 11.9. The van der Waals surface area contributed by atoms with Crippen LogP contribution >= 0.6 is 0 Å². The molecule has 4 nitrogen and oxygen atoms in total. The number of furan rings is 1. The molecule has 4 heterocycles. The highest BCUT2D eigenvalue weighted by Crippen LogP contribution is 2.47. The molecule has 0 fully saturated rings. The van der Waals surface area contributed by atoms with Crippen molar-refractivity contribution in [1.29, 1.82) is 0 Å². The summed E-state index contributed by atoms with van der Waals surface area (Å²) in [5.41, 5.74) is 21.8. The molecule has 0 amide bonds. The van der Waals surface area contributed by atoms with E-state index in [0.29, 0.717) is 0 Å². The van der Waals surface area contributed by atoms with Crippen LogP contribution in [0.1, 0.15) is 63.8 Å². The van der Waals surface area contributed by atoms with Crippen LogP contribution in [0.3, 0.4) is 0 Å². The van der Waals surface area contributed by atoms with E-state index in [9.17, 15) is 0 Å². The van der Waals surface area contributed by atoms with Gasteiger partial charge in [0.1, 0.15) is 11.3 Å². The van der Waals surface area contributed by atoms with Gasteiger partial charge in [-0.05, 0) is 145 Å². The van der Waals surface area contributed by atoms with Gasteiger partial charge >= 0.3 is 0 Å². The molecular weight excluding hydrogens is 731 g/mol. The standard InChI is InChI=1S/C55H49BN2O2/c1-34-27-49-53-50(28-34)58(44-10-8-9-37(29-44)39-13-11-35-23-25-59-51(35)31-39)48-30-38(40-14-12-36-24-26-60-52(36)32-40)15-21-45(48)56(53)46-33-42(55(5,6)7)18-22-47(46)57(49)43-19-16-41(17-20-43)54(2,3)4/h8-23,25,27-33H,24,26H2,1-7H3. The van der Waals surface area contributed by atoms with Gasteiger partial charge in [0.25, 0.3) is 6.71 Å². The van der Waals surface area contributed by atoms with Crippen LogP contribution in [-0.4, -0.2) is 13.3 Å². The summed E-state index contributed by atoms with van der Waals surface area (Å²) in [5.74, 6) is 1.00. The van der Waals surface area contributed by atoms with Gasteiger partial charge in [0.15, 0.2) is 0 Å². The van der Waals surface area contributed by atoms with E-state index in [1.165, 1.54) is 78.2 Å². The quantitative estimate of drug-likeness (QED) is 0.166. The molecule has 294 valence electrons. The van der Waals surface area contributed by atoms with Gasteiger partial charge < -0.3 is 19.0 Å². The van der Waals surface area contributed by atoms with Crippen molar-refractivity contribution in [2.75, 3.05) is 16.4 Å². The van der Waals surface area contributed by atoms with E-state index < -0.39 is 0 Å². The molecule has 0 atom stereocenters. The summed E-state index contributed by atoms with van der Waals surface area (Å²) in [6, 6.07) is 52.7. The second kappa shape index (κ2) is 13.3. The zero-order valence-corrected chi connectivity index (χ0v) is 35.6. The Bertz CT molecular complexity index is 3020. The Hall–Kier alpha value is -6.46. The average molecular weight is 781 g/mol. The molecule has 0 unspecified atom stereocenters. The van der Waals surface area contributed by atoms with Crippen molar-refractivity contribution < 1.29 is 9.15 Å². The van der Waals surface area contributed by atoms with E-state index in [-0.39, 0.29) is 17.5 Å². The van der Waals surface area contributed by atoms with Crippen molar-refractivity contribution in [3.05, 3.63) is 168 Å². The van der Waals surface area contributed by atoms with E-state index in [2.05, 4.69) is 192 Å². The van der Waals surface area contributed by atoms with Crippen LogP contribution in [0.4, 0.5) is 34.1 Å². The third kappa shape index (κ3) is 5.89. The lowest BCUT2D eigenvalue weighted by atomic mass is 9.33. The molecule has 5 heteroatoms. The number of hydrogen-bond acceptors (Lipinski definition) is 4. The molecule has 0 spiro atoms. The van der Waals surface area contributed by atoms with Crippen LogP contribution in [0, 0.1) is 6.92 Å². The van der Waals surface area contributed by atoms with Crippen molar-refractivity contribution >= 4 is 68.2 Å². The highest BCUT2D eigenvalue weighted by molar-refractivity contribution is 7.00. The Labute approximate surface area is 354 Å². The maximum Gasteiger partial charge on any atom is 0.252 e. The number of ether oxygens (including phenoxy) is 1. The molecule has 0 bridgehead atoms. The Morgan fingerprint density at radius 3 is 2.00 bits per heavy atom. The summed E-state index contributed by atoms with van der Waals surface area (Å²) in [6.45, 7) is 16.8. The number of anilines is 6. The second-order valence-electron chi connectivity index (χ2n) is 19.1. The third-order valence-corrected chi connectivity index (χ3v) is 13.0. The summed E-state index contributed by atoms with van der Waals surface area (Å²) in [5, 5.41) is 1.11. The SMILES string of the molecule is Cc1cc2c3c(c1)N(c1cccc(-c4ccc5ccoc5c4)c1)c1cc(-c4ccc5c(c4)OCC5)ccc1B3c1cc(C(C)(C)C)ccc1N2c1ccc(C(C)(C)C)cc1. The largest absolute Gasteiger partial charge is 0.493 e. The minimum Gasteiger partial charge on any atom is -0.493 e. The molecule has 0 N–H and O–H groups in total. The molecule has 7 aromatic carbocycles. The van der Waals surface area contributed by atoms with E-state index in [1.54, 1.807) is 6.26 Å². The normalized spacial score (nSPS) is 14.2. The number of fused-ring (bicyclic) bond motifs is 6. The van der Waals surface area contributed by atoms with Gasteiger partial charge in [0.2, 0.25) is 0 Å². The predicted molar refractivity (Wildman–Crippen MR) is 252 cm³/mol. The van der Waals surface area contributed by atoms with Gasteiger partial charge in [0, 0.05) is 45.9 Å². The van der Waals surface area contributed by atoms with Gasteiger partial charge in [-0.15, -0.1) is 0 Å². The first kappa shape index (κ1) is 36.6. The zero-order chi connectivity index (χ0) is 41.1. The lowest BCUT2D eigenvalue weighted by molar-refractivity contribution is 0.357. The van der Waals surface area contributed by atoms with Gasteiger partial charge in [-0.3, -0.25) is 0 Å². The zero-order valence-electron chi connectivity index (χ0n) is 35.6. The lowest BCUT2D eigenvalue weighted by Gasteiger charge is -2.45. The summed E-state index contributed by atoms with van der Waals surface area (Å²) in [7, 11) is 0. The molecule has 0 saturated carbocycles. The number of benzene rings is 7. The molecule has 8 aromatic rings. The molecule has 3 aliphatic rings. The van der Waals surface area contributed by atoms with E-state index >= 15 is 0 Å². The molecule has 0 aliphatic carbocycles. The monoisotopic (exact) mass is 780 g/mol. The first-order valence-corrected chi connectivity index (χ1v) is 21.4. The maximum atomic E-state index is 6.08. The van der Waals surface area contributed by atoms with Crippen molar-refractivity contribution in [2.45, 2.75) is 65.7 Å². The van der Waals surface area contributed by atoms with Gasteiger partial charge in [0.05, 0.1) is 12.9 Å². The first-order chi connectivity index (χ1) is 28.9. The van der Waals surface area contributed by atoms with Crippen molar-refractivity contribution in [3.8, 4) is 28.0 Å². The van der Waals surface area contributed by atoms with Crippen LogP contribution < -0.4 is 30.9 Å². The highest BCUT2D eigenvalue weighted by atomic mass is 16.5. The van der Waals surface area contributed by atoms with Crippen LogP contribution in [0.15, 0.2) is 150 Å². The first-order valence-electron chi connectivity index (χ1n) is 21.4. The third-order valence-electron chi connectivity index (χ3n) is 13.0. The smallest absolute Gasteiger partial charge is 0.252 e. The summed E-state index contributed by atoms with van der Waals surface area (Å²) in [4.78, 5) is 5.05. The molecule has 3 aliphatic heterocycles. The average Bonchev–Trinajstić information content (AvgIpc) is 3.92. The molecule has 0 radical (unpaired) electrons. The van der Waals surface area contributed by atoms with E-state index in [4.69, 9.17) is 9.15 Å². The van der Waals surface area contributed by atoms with E-state index in [1.807, 2.05) is 6.07 Å². The molecule has 1 aromatic heterocycles. The van der Waals surface area contributed by atoms with Crippen LogP contribution in [-0.2, 0) is 17.3 Å². The number of nitrogens with zero attached hydrogens (tertiary/aromatic N) is 2. The Morgan fingerprint density at radius 2 is 1.22 bits per heavy atom. The van der Waals surface area contributed by atoms with Crippen LogP contribution in [0.2, 0.25) is 0 Å². The van der Waals surface area contributed by atoms with E-state index in [0.717, 1.165) is 46.6 Å². The number of rotatable bonds is 4. The molecule has 11 rings (SSSR count). The van der Waals surface area contributed by atoms with Crippen LogP contribution in [0.5, 0.6) is 5.75 Å². The van der Waals surface area contributed by atoms with Crippen molar-refractivity contribution in [2.24, 2.45) is 0 Å². The molecule has 60 heavy (non-hydrogen) atoms. The van der Waals surface area contributed by atoms with Crippen molar-refractivity contribution in [1.82, 2.24) is 0 Å². The topological polar surface area (TPSA) is 28.9 Å². The fraction of sp³-hybridized carbons (Fsp3) is 0.200. The lowest BCUT2D eigenvalue weighted by Crippen LogP contribution is -2.61. The summed E-state index contributed by atoms with van der Waals surface area (Å²) in [6.07, 6.45) is 2.73. The second-order valence-corrected chi connectivity index (χ2v) is 19.1. The highest BCUT2D eigenvalue weighted by Gasteiger charge is 2.44. The van der Waals surface area contributed by atoms with Gasteiger partial charge in [-0.25, -0.2) is 0 Å². The van der Waals surface area contributed by atoms with Crippen LogP contribution in [0.25, 0.3) is 33.2 Å². The fourth-order valence-corrected chi connectivity index (χ4v) is 9.75. The van der Waals surface area contributed by atoms with Gasteiger partial charge in [-0.2, -0.15) is 0 Å². The Kier molecular flexibility index (Phi) is 8.10. The fourth-order valence-electron chi connectivity index (χ4n) is 9.75. The maximum absolute atomic E-state index is 6.08. The minimum absolute atomic E-state index is 0.0196. The minimum atomic E-state index is -0.0211. The number of aryl methyl sites for hydroxylation is 1. The van der Waals surface area contributed by atoms with Gasteiger partial charge in [-0.1, -0.05) is 114 Å². The Morgan fingerprint density at radius 1 is 0.533 bits per heavy atom. The molecular formula is C55H49BN2O2. The summed E-state index contributed by atoms with van der Waals surface area (Å²) >= 11 is 0. The Balaban J connectivity index is 1.18. The molecule has 0 saturated heterocycles. The van der Waals surface area contributed by atoms with Crippen molar-refractivity contribution in [3.63, 3.8) is 0 Å². The predicted octanol–water partition coefficient (Wildman–Crippen LogP) is 12.7.